The first-order valence-corrected chi connectivity index (χ1v) is 6.89. The predicted octanol–water partition coefficient (Wildman–Crippen LogP) is 3.51. The summed E-state index contributed by atoms with van der Waals surface area (Å²) in [4.78, 5) is 13.9. The quantitative estimate of drug-likeness (QED) is 0.863. The Morgan fingerprint density at radius 1 is 1.39 bits per heavy atom. The average molecular weight is 287 g/mol. The molecule has 1 saturated heterocycles. The molecular formula is C13H16Cl2N2O. The second-order valence-electron chi connectivity index (χ2n) is 4.46. The summed E-state index contributed by atoms with van der Waals surface area (Å²) in [5.41, 5.74) is 1.72. The highest BCUT2D eigenvalue weighted by atomic mass is 35.5. The Hall–Kier alpha value is -0.930. The molecule has 2 rings (SSSR count). The minimum Gasteiger partial charge on any atom is -0.371 e. The average Bonchev–Trinajstić information content (AvgIpc) is 2.85. The summed E-state index contributed by atoms with van der Waals surface area (Å²) in [5, 5.41) is 2.70. The van der Waals surface area contributed by atoms with Crippen LogP contribution in [0.3, 0.4) is 0 Å². The molecule has 1 aromatic rings. The Balaban J connectivity index is 2.18. The highest BCUT2D eigenvalue weighted by Gasteiger charge is 2.15. The molecule has 1 N–H and O–H groups in total. The molecule has 0 aromatic heterocycles. The van der Waals surface area contributed by atoms with Gasteiger partial charge in [0.2, 0.25) is 5.91 Å². The van der Waals surface area contributed by atoms with Gasteiger partial charge in [-0.15, -0.1) is 11.6 Å². The Morgan fingerprint density at radius 3 is 2.67 bits per heavy atom. The first kappa shape index (κ1) is 13.5. The van der Waals surface area contributed by atoms with E-state index in [1.807, 2.05) is 18.2 Å². The normalized spacial score (nSPS) is 16.7. The molecule has 98 valence electrons. The zero-order valence-electron chi connectivity index (χ0n) is 10.2. The first-order chi connectivity index (χ1) is 8.58. The standard InChI is InChI=1S/C13H16Cl2N2O/c1-9(14)13(18)16-12-8-10(4-5-11(12)15)17-6-2-3-7-17/h4-5,8-9H,2-3,6-7H2,1H3,(H,16,18)/t9-/m0/s1. The number of carbonyl (C=O) groups excluding carboxylic acids is 1. The van der Waals surface area contributed by atoms with Crippen LogP contribution in [0.2, 0.25) is 5.02 Å². The number of nitrogens with one attached hydrogen (secondary N) is 1. The number of nitrogens with zero attached hydrogens (tertiary/aromatic N) is 1. The van der Waals surface area contributed by atoms with Crippen LogP contribution in [0.5, 0.6) is 0 Å². The van der Waals surface area contributed by atoms with Crippen LogP contribution < -0.4 is 10.2 Å². The van der Waals surface area contributed by atoms with Crippen molar-refractivity contribution in [3.05, 3.63) is 23.2 Å². The fourth-order valence-corrected chi connectivity index (χ4v) is 2.23. The molecule has 3 nitrogen and oxygen atoms in total. The lowest BCUT2D eigenvalue weighted by atomic mass is 10.2. The molecule has 1 atom stereocenters. The minimum atomic E-state index is -0.573. The van der Waals surface area contributed by atoms with Gasteiger partial charge in [0.15, 0.2) is 0 Å². The Bertz CT molecular complexity index is 443. The van der Waals surface area contributed by atoms with E-state index in [4.69, 9.17) is 23.2 Å². The van der Waals surface area contributed by atoms with E-state index in [0.717, 1.165) is 18.8 Å². The number of hydrogen-bond donors (Lipinski definition) is 1. The van der Waals surface area contributed by atoms with E-state index in [-0.39, 0.29) is 5.91 Å². The molecule has 1 amide bonds. The molecule has 0 bridgehead atoms. The summed E-state index contributed by atoms with van der Waals surface area (Å²) < 4.78 is 0. The van der Waals surface area contributed by atoms with Crippen molar-refractivity contribution >= 4 is 40.5 Å². The number of rotatable bonds is 3. The second kappa shape index (κ2) is 5.81. The molecule has 1 aliphatic heterocycles. The summed E-state index contributed by atoms with van der Waals surface area (Å²) in [5.74, 6) is -0.239. The number of anilines is 2. The predicted molar refractivity (Wildman–Crippen MR) is 76.8 cm³/mol. The van der Waals surface area contributed by atoms with Gasteiger partial charge >= 0.3 is 0 Å². The van der Waals surface area contributed by atoms with E-state index in [0.29, 0.717) is 10.7 Å². The molecule has 0 radical (unpaired) electrons. The van der Waals surface area contributed by atoms with Crippen molar-refractivity contribution in [1.82, 2.24) is 0 Å². The largest absolute Gasteiger partial charge is 0.371 e. The lowest BCUT2D eigenvalue weighted by molar-refractivity contribution is -0.115. The third-order valence-corrected chi connectivity index (χ3v) is 3.57. The van der Waals surface area contributed by atoms with E-state index < -0.39 is 5.38 Å². The first-order valence-electron chi connectivity index (χ1n) is 6.07. The smallest absolute Gasteiger partial charge is 0.242 e. The van der Waals surface area contributed by atoms with Crippen LogP contribution in [0.25, 0.3) is 0 Å². The molecule has 5 heteroatoms. The number of amides is 1. The second-order valence-corrected chi connectivity index (χ2v) is 5.53. The molecular weight excluding hydrogens is 271 g/mol. The van der Waals surface area contributed by atoms with Gasteiger partial charge in [0, 0.05) is 18.8 Å². The monoisotopic (exact) mass is 286 g/mol. The maximum absolute atomic E-state index is 11.6. The van der Waals surface area contributed by atoms with Crippen LogP contribution in [-0.4, -0.2) is 24.4 Å². The van der Waals surface area contributed by atoms with Crippen molar-refractivity contribution in [2.24, 2.45) is 0 Å². The van der Waals surface area contributed by atoms with E-state index in [9.17, 15) is 4.79 Å². The van der Waals surface area contributed by atoms with E-state index in [1.165, 1.54) is 12.8 Å². The molecule has 1 aliphatic rings. The fraction of sp³-hybridized carbons (Fsp3) is 0.462. The maximum Gasteiger partial charge on any atom is 0.242 e. The van der Waals surface area contributed by atoms with Gasteiger partial charge in [-0.3, -0.25) is 4.79 Å². The molecule has 0 saturated carbocycles. The van der Waals surface area contributed by atoms with Crippen molar-refractivity contribution in [3.8, 4) is 0 Å². The molecule has 0 unspecified atom stereocenters. The lowest BCUT2D eigenvalue weighted by Gasteiger charge is -2.19. The molecule has 18 heavy (non-hydrogen) atoms. The highest BCUT2D eigenvalue weighted by molar-refractivity contribution is 6.35. The van der Waals surface area contributed by atoms with E-state index in [1.54, 1.807) is 6.92 Å². The summed E-state index contributed by atoms with van der Waals surface area (Å²) >= 11 is 11.8. The van der Waals surface area contributed by atoms with E-state index >= 15 is 0 Å². The number of carbonyl (C=O) groups is 1. The topological polar surface area (TPSA) is 32.3 Å². The fourth-order valence-electron chi connectivity index (χ4n) is 2.01. The van der Waals surface area contributed by atoms with Crippen LogP contribution >= 0.6 is 23.2 Å². The SMILES string of the molecule is C[C@H](Cl)C(=O)Nc1cc(N2CCCC2)ccc1Cl. The van der Waals surface area contributed by atoms with Gasteiger partial charge < -0.3 is 10.2 Å². The molecule has 0 aliphatic carbocycles. The third-order valence-electron chi connectivity index (χ3n) is 3.04. The van der Waals surface area contributed by atoms with Gasteiger partial charge in [0.25, 0.3) is 0 Å². The Kier molecular flexibility index (Phi) is 4.36. The van der Waals surface area contributed by atoms with Crippen LogP contribution in [0.4, 0.5) is 11.4 Å². The number of benzene rings is 1. The van der Waals surface area contributed by atoms with Gasteiger partial charge in [-0.2, -0.15) is 0 Å². The van der Waals surface area contributed by atoms with Gasteiger partial charge in [-0.1, -0.05) is 11.6 Å². The van der Waals surface area contributed by atoms with Gasteiger partial charge in [0.1, 0.15) is 5.38 Å². The van der Waals surface area contributed by atoms with Crippen molar-refractivity contribution < 1.29 is 4.79 Å². The number of halogens is 2. The lowest BCUT2D eigenvalue weighted by Crippen LogP contribution is -2.21. The summed E-state index contributed by atoms with van der Waals surface area (Å²) in [6.07, 6.45) is 2.42. The van der Waals surface area contributed by atoms with Gasteiger partial charge in [-0.25, -0.2) is 0 Å². The molecule has 0 spiro atoms. The van der Waals surface area contributed by atoms with Gasteiger partial charge in [0.05, 0.1) is 10.7 Å². The van der Waals surface area contributed by atoms with Crippen molar-refractivity contribution in [2.45, 2.75) is 25.1 Å². The summed E-state index contributed by atoms with van der Waals surface area (Å²) in [6.45, 7) is 3.75. The van der Waals surface area contributed by atoms with Crippen LogP contribution in [-0.2, 0) is 4.79 Å². The number of alkyl halides is 1. The summed E-state index contributed by atoms with van der Waals surface area (Å²) in [7, 11) is 0. The van der Waals surface area contributed by atoms with Crippen LogP contribution in [0.15, 0.2) is 18.2 Å². The van der Waals surface area contributed by atoms with Gasteiger partial charge in [-0.05, 0) is 38.0 Å². The van der Waals surface area contributed by atoms with E-state index in [2.05, 4.69) is 10.2 Å². The Labute approximate surface area is 117 Å². The summed E-state index contributed by atoms with van der Waals surface area (Å²) in [6, 6.07) is 5.70. The number of hydrogen-bond acceptors (Lipinski definition) is 2. The highest BCUT2D eigenvalue weighted by Crippen LogP contribution is 2.29. The Morgan fingerprint density at radius 2 is 2.06 bits per heavy atom. The molecule has 1 aromatic carbocycles. The van der Waals surface area contributed by atoms with Crippen molar-refractivity contribution in [1.29, 1.82) is 0 Å². The van der Waals surface area contributed by atoms with Crippen LogP contribution in [0, 0.1) is 0 Å². The molecule has 1 fully saturated rings. The zero-order chi connectivity index (χ0) is 13.1. The molecule has 1 heterocycles. The van der Waals surface area contributed by atoms with Crippen molar-refractivity contribution in [2.75, 3.05) is 23.3 Å². The van der Waals surface area contributed by atoms with Crippen LogP contribution in [0.1, 0.15) is 19.8 Å². The zero-order valence-corrected chi connectivity index (χ0v) is 11.8. The maximum atomic E-state index is 11.6. The van der Waals surface area contributed by atoms with Crippen molar-refractivity contribution in [3.63, 3.8) is 0 Å². The minimum absolute atomic E-state index is 0.239. The third kappa shape index (κ3) is 3.09.